The van der Waals surface area contributed by atoms with Crippen LogP contribution < -0.4 is 5.32 Å². The molecule has 1 N–H and O–H groups in total. The lowest BCUT2D eigenvalue weighted by atomic mass is 10.1. The third kappa shape index (κ3) is 12.0. The van der Waals surface area contributed by atoms with Gasteiger partial charge < -0.3 is 14.8 Å². The Morgan fingerprint density at radius 2 is 1.81 bits per heavy atom. The van der Waals surface area contributed by atoms with Crippen LogP contribution in [0.5, 0.6) is 0 Å². The molecule has 0 spiro atoms. The van der Waals surface area contributed by atoms with Gasteiger partial charge in [-0.1, -0.05) is 13.8 Å². The van der Waals surface area contributed by atoms with Crippen molar-refractivity contribution >= 4 is 0 Å². The van der Waals surface area contributed by atoms with Crippen molar-refractivity contribution in [3.63, 3.8) is 0 Å². The average molecular weight is 231 g/mol. The van der Waals surface area contributed by atoms with Crippen molar-refractivity contribution in [3.8, 4) is 0 Å². The molecule has 0 fully saturated rings. The predicted molar refractivity (Wildman–Crippen MR) is 68.8 cm³/mol. The molecular formula is C13H29NO2. The van der Waals surface area contributed by atoms with Gasteiger partial charge in [-0.3, -0.25) is 0 Å². The van der Waals surface area contributed by atoms with E-state index >= 15 is 0 Å². The van der Waals surface area contributed by atoms with E-state index < -0.39 is 0 Å². The number of ether oxygens (including phenoxy) is 2. The molecule has 0 amide bonds. The van der Waals surface area contributed by atoms with Gasteiger partial charge in [0, 0.05) is 26.9 Å². The second-order valence-electron chi connectivity index (χ2n) is 4.77. The van der Waals surface area contributed by atoms with Crippen LogP contribution in [0.1, 0.15) is 40.0 Å². The lowest BCUT2D eigenvalue weighted by Crippen LogP contribution is -2.28. The highest BCUT2D eigenvalue weighted by molar-refractivity contribution is 4.56. The lowest BCUT2D eigenvalue weighted by molar-refractivity contribution is 0.0615. The fraction of sp³-hybridized carbons (Fsp3) is 1.00. The van der Waals surface area contributed by atoms with E-state index in [0.29, 0.717) is 6.10 Å². The zero-order chi connectivity index (χ0) is 12.2. The summed E-state index contributed by atoms with van der Waals surface area (Å²) in [7, 11) is 1.74. The quantitative estimate of drug-likeness (QED) is 0.554. The Balaban J connectivity index is 3.15. The van der Waals surface area contributed by atoms with Crippen LogP contribution in [0, 0.1) is 5.92 Å². The number of nitrogens with one attached hydrogen (secondary N) is 1. The van der Waals surface area contributed by atoms with E-state index in [2.05, 4.69) is 26.1 Å². The Morgan fingerprint density at radius 1 is 1.06 bits per heavy atom. The Labute approximate surface area is 101 Å². The molecule has 0 saturated heterocycles. The molecule has 0 saturated carbocycles. The first kappa shape index (κ1) is 15.9. The van der Waals surface area contributed by atoms with Gasteiger partial charge in [-0.15, -0.1) is 0 Å². The van der Waals surface area contributed by atoms with E-state index in [1.165, 1.54) is 12.8 Å². The molecule has 98 valence electrons. The Hall–Kier alpha value is -0.120. The second-order valence-corrected chi connectivity index (χ2v) is 4.77. The van der Waals surface area contributed by atoms with Gasteiger partial charge in [-0.2, -0.15) is 0 Å². The van der Waals surface area contributed by atoms with Crippen LogP contribution in [0.15, 0.2) is 0 Å². The molecule has 0 heterocycles. The Morgan fingerprint density at radius 3 is 2.44 bits per heavy atom. The fourth-order valence-corrected chi connectivity index (χ4v) is 1.48. The van der Waals surface area contributed by atoms with Crippen molar-refractivity contribution in [2.75, 3.05) is 33.4 Å². The summed E-state index contributed by atoms with van der Waals surface area (Å²) in [6.45, 7) is 10.3. The molecule has 0 bridgehead atoms. The molecule has 1 unspecified atom stereocenters. The predicted octanol–water partition coefficient (Wildman–Crippen LogP) is 2.45. The van der Waals surface area contributed by atoms with Crippen LogP contribution in [-0.4, -0.2) is 39.5 Å². The Kier molecular flexibility index (Phi) is 11.3. The summed E-state index contributed by atoms with van der Waals surface area (Å²) in [6.07, 6.45) is 3.81. The molecule has 0 aromatic heterocycles. The maximum atomic E-state index is 5.71. The number of hydrogen-bond acceptors (Lipinski definition) is 3. The molecule has 1 atom stereocenters. The van der Waals surface area contributed by atoms with E-state index in [1.807, 2.05) is 0 Å². The molecule has 16 heavy (non-hydrogen) atoms. The van der Waals surface area contributed by atoms with E-state index in [4.69, 9.17) is 9.47 Å². The standard InChI is InChI=1S/C13H29NO2/c1-12(2)7-5-10-16-13(3)11-14-8-6-9-15-4/h12-14H,5-11H2,1-4H3. The minimum atomic E-state index is 0.315. The van der Waals surface area contributed by atoms with E-state index in [0.717, 1.165) is 38.6 Å². The summed E-state index contributed by atoms with van der Waals surface area (Å²) in [6, 6.07) is 0. The molecule has 3 heteroatoms. The van der Waals surface area contributed by atoms with Crippen molar-refractivity contribution in [2.24, 2.45) is 5.92 Å². The maximum Gasteiger partial charge on any atom is 0.0671 e. The van der Waals surface area contributed by atoms with Crippen LogP contribution in [0.3, 0.4) is 0 Å². The number of methoxy groups -OCH3 is 1. The fourth-order valence-electron chi connectivity index (χ4n) is 1.48. The first-order chi connectivity index (χ1) is 7.66. The normalized spacial score (nSPS) is 13.3. The average Bonchev–Trinajstić information content (AvgIpc) is 2.24. The molecule has 0 rings (SSSR count). The maximum absolute atomic E-state index is 5.71. The van der Waals surface area contributed by atoms with Gasteiger partial charge in [-0.25, -0.2) is 0 Å². The van der Waals surface area contributed by atoms with Crippen molar-refractivity contribution in [1.82, 2.24) is 5.32 Å². The zero-order valence-electron chi connectivity index (χ0n) is 11.4. The molecule has 0 aromatic carbocycles. The largest absolute Gasteiger partial charge is 0.385 e. The van der Waals surface area contributed by atoms with Crippen molar-refractivity contribution in [3.05, 3.63) is 0 Å². The summed E-state index contributed by atoms with van der Waals surface area (Å²) in [5, 5.41) is 3.36. The van der Waals surface area contributed by atoms with Crippen molar-refractivity contribution in [1.29, 1.82) is 0 Å². The summed E-state index contributed by atoms with van der Waals surface area (Å²) in [5.74, 6) is 0.783. The summed E-state index contributed by atoms with van der Waals surface area (Å²) >= 11 is 0. The highest BCUT2D eigenvalue weighted by Crippen LogP contribution is 2.04. The van der Waals surface area contributed by atoms with Gasteiger partial charge in [0.1, 0.15) is 0 Å². The highest BCUT2D eigenvalue weighted by atomic mass is 16.5. The summed E-state index contributed by atoms with van der Waals surface area (Å²) < 4.78 is 10.7. The zero-order valence-corrected chi connectivity index (χ0v) is 11.4. The second kappa shape index (κ2) is 11.4. The van der Waals surface area contributed by atoms with Crippen molar-refractivity contribution < 1.29 is 9.47 Å². The monoisotopic (exact) mass is 231 g/mol. The van der Waals surface area contributed by atoms with Crippen LogP contribution >= 0.6 is 0 Å². The topological polar surface area (TPSA) is 30.5 Å². The minimum absolute atomic E-state index is 0.315. The van der Waals surface area contributed by atoms with Gasteiger partial charge in [-0.05, 0) is 38.6 Å². The minimum Gasteiger partial charge on any atom is -0.385 e. The molecule has 0 aromatic rings. The van der Waals surface area contributed by atoms with Gasteiger partial charge in [0.15, 0.2) is 0 Å². The molecule has 0 aliphatic rings. The molecule has 0 aliphatic carbocycles. The molecule has 3 nitrogen and oxygen atoms in total. The van der Waals surface area contributed by atoms with Crippen molar-refractivity contribution in [2.45, 2.75) is 46.1 Å². The van der Waals surface area contributed by atoms with Gasteiger partial charge in [0.2, 0.25) is 0 Å². The van der Waals surface area contributed by atoms with Gasteiger partial charge in [0.25, 0.3) is 0 Å². The van der Waals surface area contributed by atoms with Gasteiger partial charge in [0.05, 0.1) is 6.10 Å². The van der Waals surface area contributed by atoms with E-state index in [1.54, 1.807) is 7.11 Å². The number of rotatable bonds is 11. The third-order valence-electron chi connectivity index (χ3n) is 2.46. The first-order valence-electron chi connectivity index (χ1n) is 6.48. The Bertz CT molecular complexity index is 140. The summed E-state index contributed by atoms with van der Waals surface area (Å²) in [5.41, 5.74) is 0. The van der Waals surface area contributed by atoms with E-state index in [-0.39, 0.29) is 0 Å². The van der Waals surface area contributed by atoms with E-state index in [9.17, 15) is 0 Å². The van der Waals surface area contributed by atoms with Crippen LogP contribution in [0.4, 0.5) is 0 Å². The lowest BCUT2D eigenvalue weighted by Gasteiger charge is -2.14. The van der Waals surface area contributed by atoms with Crippen LogP contribution in [-0.2, 0) is 9.47 Å². The molecule has 0 aliphatic heterocycles. The number of hydrogen-bond donors (Lipinski definition) is 1. The molecular weight excluding hydrogens is 202 g/mol. The highest BCUT2D eigenvalue weighted by Gasteiger charge is 2.01. The van der Waals surface area contributed by atoms with Crippen LogP contribution in [0.25, 0.3) is 0 Å². The van der Waals surface area contributed by atoms with Gasteiger partial charge >= 0.3 is 0 Å². The third-order valence-corrected chi connectivity index (χ3v) is 2.46. The first-order valence-corrected chi connectivity index (χ1v) is 6.48. The molecule has 0 radical (unpaired) electrons. The van der Waals surface area contributed by atoms with Crippen LogP contribution in [0.2, 0.25) is 0 Å². The SMILES string of the molecule is COCCCNCC(C)OCCCC(C)C. The summed E-state index contributed by atoms with van der Waals surface area (Å²) in [4.78, 5) is 0. The smallest absolute Gasteiger partial charge is 0.0671 e.